The van der Waals surface area contributed by atoms with Crippen LogP contribution in [0.3, 0.4) is 0 Å². The van der Waals surface area contributed by atoms with Crippen molar-refractivity contribution in [2.24, 2.45) is 5.92 Å². The summed E-state index contributed by atoms with van der Waals surface area (Å²) in [6.07, 6.45) is 8.15. The van der Waals surface area contributed by atoms with Crippen LogP contribution in [-0.4, -0.2) is 43.2 Å². The van der Waals surface area contributed by atoms with Crippen molar-refractivity contribution in [2.75, 3.05) is 13.1 Å². The molecule has 1 fully saturated rings. The van der Waals surface area contributed by atoms with Gasteiger partial charge in [-0.3, -0.25) is 18.8 Å². The predicted molar refractivity (Wildman–Crippen MR) is 102 cm³/mol. The number of piperidine rings is 1. The first kappa shape index (κ1) is 17.5. The maximum atomic E-state index is 12.7. The van der Waals surface area contributed by atoms with E-state index in [1.807, 2.05) is 46.1 Å². The summed E-state index contributed by atoms with van der Waals surface area (Å²) in [6, 6.07) is 9.35. The molecule has 0 radical (unpaired) electrons. The van der Waals surface area contributed by atoms with Crippen LogP contribution in [0.1, 0.15) is 19.3 Å². The lowest BCUT2D eigenvalue weighted by molar-refractivity contribution is -0.133. The van der Waals surface area contributed by atoms with Crippen molar-refractivity contribution in [3.63, 3.8) is 0 Å². The minimum Gasteiger partial charge on any atom is -0.341 e. The molecular formula is C20H23N5O2. The summed E-state index contributed by atoms with van der Waals surface area (Å²) in [7, 11) is 0. The van der Waals surface area contributed by atoms with Gasteiger partial charge in [-0.05, 0) is 43.4 Å². The fourth-order valence-electron chi connectivity index (χ4n) is 3.73. The number of carbonyl (C=O) groups excluding carboxylic acids is 1. The number of rotatable bonds is 5. The third-order valence-electron chi connectivity index (χ3n) is 5.34. The smallest absolute Gasteiger partial charge is 0.269 e. The molecule has 0 unspecified atom stereocenters. The molecule has 7 nitrogen and oxygen atoms in total. The summed E-state index contributed by atoms with van der Waals surface area (Å²) in [5.74, 6) is 0.613. The Morgan fingerprint density at radius 3 is 2.74 bits per heavy atom. The molecular weight excluding hydrogens is 342 g/mol. The third kappa shape index (κ3) is 3.92. The number of nitrogens with zero attached hydrogens (tertiary/aromatic N) is 5. The van der Waals surface area contributed by atoms with Crippen molar-refractivity contribution in [1.29, 1.82) is 0 Å². The minimum atomic E-state index is -0.240. The molecule has 1 aliphatic heterocycles. The average molecular weight is 365 g/mol. The number of benzene rings is 1. The van der Waals surface area contributed by atoms with Gasteiger partial charge in [0.25, 0.3) is 5.56 Å². The molecule has 1 aromatic carbocycles. The van der Waals surface area contributed by atoms with Crippen molar-refractivity contribution < 1.29 is 4.79 Å². The highest BCUT2D eigenvalue weighted by molar-refractivity contribution is 5.80. The van der Waals surface area contributed by atoms with Crippen LogP contribution in [0.25, 0.3) is 11.0 Å². The molecule has 0 N–H and O–H groups in total. The van der Waals surface area contributed by atoms with E-state index < -0.39 is 0 Å². The van der Waals surface area contributed by atoms with Crippen LogP contribution in [0.15, 0.2) is 53.7 Å². The van der Waals surface area contributed by atoms with Gasteiger partial charge in [-0.1, -0.05) is 12.1 Å². The van der Waals surface area contributed by atoms with Crippen molar-refractivity contribution in [1.82, 2.24) is 24.2 Å². The first-order valence-electron chi connectivity index (χ1n) is 9.40. The Hall–Kier alpha value is -2.96. The van der Waals surface area contributed by atoms with Gasteiger partial charge >= 0.3 is 0 Å². The van der Waals surface area contributed by atoms with Gasteiger partial charge in [0.15, 0.2) is 0 Å². The van der Waals surface area contributed by atoms with Gasteiger partial charge in [0.05, 0.1) is 17.2 Å². The van der Waals surface area contributed by atoms with E-state index in [1.165, 1.54) is 10.8 Å². The van der Waals surface area contributed by atoms with Crippen LogP contribution in [0, 0.1) is 5.92 Å². The lowest BCUT2D eigenvalue weighted by atomic mass is 9.93. The molecule has 0 bridgehead atoms. The Kier molecular flexibility index (Phi) is 5.00. The zero-order chi connectivity index (χ0) is 18.6. The Labute approximate surface area is 157 Å². The summed E-state index contributed by atoms with van der Waals surface area (Å²) in [5.41, 5.74) is 1.19. The molecule has 7 heteroatoms. The van der Waals surface area contributed by atoms with Crippen molar-refractivity contribution in [3.8, 4) is 0 Å². The van der Waals surface area contributed by atoms with Crippen LogP contribution in [0.2, 0.25) is 0 Å². The number of fused-ring (bicyclic) bond motifs is 1. The summed E-state index contributed by atoms with van der Waals surface area (Å²) >= 11 is 0. The summed E-state index contributed by atoms with van der Waals surface area (Å²) < 4.78 is 3.48. The molecule has 140 valence electrons. The second-order valence-corrected chi connectivity index (χ2v) is 7.05. The van der Waals surface area contributed by atoms with Crippen molar-refractivity contribution in [2.45, 2.75) is 32.4 Å². The lowest BCUT2D eigenvalue weighted by Gasteiger charge is -2.32. The highest BCUT2D eigenvalue weighted by Gasteiger charge is 2.23. The van der Waals surface area contributed by atoms with Gasteiger partial charge in [-0.15, -0.1) is 0 Å². The van der Waals surface area contributed by atoms with Crippen LogP contribution in [0.5, 0.6) is 0 Å². The van der Waals surface area contributed by atoms with Gasteiger partial charge in [0.1, 0.15) is 6.54 Å². The second kappa shape index (κ2) is 7.73. The van der Waals surface area contributed by atoms with Crippen LogP contribution < -0.4 is 5.56 Å². The standard InChI is InChI=1S/C20H23N5O2/c26-19-14-21-17-4-1-2-5-18(17)25(19)15-20(27)23-11-6-16(7-12-23)8-13-24-10-3-9-22-24/h1-5,9-10,14,16H,6-8,11-13,15H2. The normalized spacial score (nSPS) is 15.3. The molecule has 1 saturated heterocycles. The fourth-order valence-corrected chi connectivity index (χ4v) is 3.73. The van der Waals surface area contributed by atoms with Crippen molar-refractivity contribution in [3.05, 3.63) is 59.3 Å². The number of aryl methyl sites for hydroxylation is 1. The number of carbonyl (C=O) groups is 1. The van der Waals surface area contributed by atoms with E-state index >= 15 is 0 Å². The molecule has 3 heterocycles. The Balaban J connectivity index is 1.36. The molecule has 27 heavy (non-hydrogen) atoms. The Morgan fingerprint density at radius 1 is 1.15 bits per heavy atom. The maximum Gasteiger partial charge on any atom is 0.269 e. The number of para-hydroxylation sites is 2. The molecule has 0 atom stereocenters. The van der Waals surface area contributed by atoms with E-state index in [-0.39, 0.29) is 18.0 Å². The van der Waals surface area contributed by atoms with E-state index in [1.54, 1.807) is 6.20 Å². The summed E-state index contributed by atoms with van der Waals surface area (Å²) in [4.78, 5) is 31.0. The molecule has 4 rings (SSSR count). The highest BCUT2D eigenvalue weighted by Crippen LogP contribution is 2.21. The lowest BCUT2D eigenvalue weighted by Crippen LogP contribution is -2.41. The van der Waals surface area contributed by atoms with Crippen LogP contribution >= 0.6 is 0 Å². The van der Waals surface area contributed by atoms with E-state index in [0.29, 0.717) is 11.4 Å². The topological polar surface area (TPSA) is 73.0 Å². The van der Waals surface area contributed by atoms with Crippen LogP contribution in [0.4, 0.5) is 0 Å². The molecule has 2 aromatic heterocycles. The maximum absolute atomic E-state index is 12.7. The van der Waals surface area contributed by atoms with E-state index in [0.717, 1.165) is 44.4 Å². The first-order chi connectivity index (χ1) is 13.2. The van der Waals surface area contributed by atoms with Gasteiger partial charge in [0, 0.05) is 32.0 Å². The van der Waals surface area contributed by atoms with Crippen molar-refractivity contribution >= 4 is 16.9 Å². The number of hydrogen-bond donors (Lipinski definition) is 0. The monoisotopic (exact) mass is 365 g/mol. The number of hydrogen-bond acceptors (Lipinski definition) is 4. The van der Waals surface area contributed by atoms with Crippen LogP contribution in [-0.2, 0) is 17.9 Å². The highest BCUT2D eigenvalue weighted by atomic mass is 16.2. The zero-order valence-electron chi connectivity index (χ0n) is 15.2. The second-order valence-electron chi connectivity index (χ2n) is 7.05. The Morgan fingerprint density at radius 2 is 1.96 bits per heavy atom. The van der Waals surface area contributed by atoms with Gasteiger partial charge in [-0.25, -0.2) is 4.98 Å². The van der Waals surface area contributed by atoms with E-state index in [9.17, 15) is 9.59 Å². The zero-order valence-corrected chi connectivity index (χ0v) is 15.2. The predicted octanol–water partition coefficient (Wildman–Crippen LogP) is 1.92. The largest absolute Gasteiger partial charge is 0.341 e. The van der Waals surface area contributed by atoms with Gasteiger partial charge in [-0.2, -0.15) is 5.10 Å². The molecule has 1 aliphatic rings. The summed E-state index contributed by atoms with van der Waals surface area (Å²) in [6.45, 7) is 2.49. The third-order valence-corrected chi connectivity index (χ3v) is 5.34. The molecule has 1 amide bonds. The number of likely N-dealkylation sites (tertiary alicyclic amines) is 1. The molecule has 0 spiro atoms. The quantitative estimate of drug-likeness (QED) is 0.692. The SMILES string of the molecule is O=C(Cn1c(=O)cnc2ccccc21)N1CCC(CCn2cccn2)CC1. The molecule has 0 aliphatic carbocycles. The van der Waals surface area contributed by atoms with E-state index in [4.69, 9.17) is 0 Å². The molecule has 0 saturated carbocycles. The van der Waals surface area contributed by atoms with E-state index in [2.05, 4.69) is 10.1 Å². The minimum absolute atomic E-state index is 0.000945. The first-order valence-corrected chi connectivity index (χ1v) is 9.40. The number of amides is 1. The van der Waals surface area contributed by atoms with Gasteiger partial charge < -0.3 is 4.90 Å². The number of aromatic nitrogens is 4. The Bertz CT molecular complexity index is 971. The molecule has 3 aromatic rings. The summed E-state index contributed by atoms with van der Waals surface area (Å²) in [5, 5.41) is 4.24. The fraction of sp³-hybridized carbons (Fsp3) is 0.400. The average Bonchev–Trinajstić information content (AvgIpc) is 3.22. The van der Waals surface area contributed by atoms with Gasteiger partial charge in [0.2, 0.25) is 5.91 Å².